The number of hydrogen-bond donors (Lipinski definition) is 4. The van der Waals surface area contributed by atoms with Crippen molar-refractivity contribution in [2.75, 3.05) is 23.9 Å². The van der Waals surface area contributed by atoms with Crippen molar-refractivity contribution >= 4 is 17.5 Å². The number of nitro groups is 1. The van der Waals surface area contributed by atoms with Crippen molar-refractivity contribution in [3.8, 4) is 0 Å². The molecular formula is C10H16N6O3. The van der Waals surface area contributed by atoms with E-state index in [1.54, 1.807) is 0 Å². The lowest BCUT2D eigenvalue weighted by molar-refractivity contribution is -0.384. The molecule has 19 heavy (non-hydrogen) atoms. The number of hydrazine groups is 1. The first kappa shape index (κ1) is 13.4. The molecule has 1 heterocycles. The summed E-state index contributed by atoms with van der Waals surface area (Å²) in [6.07, 6.45) is 3.79. The predicted octanol–water partition coefficient (Wildman–Crippen LogP) is 0.245. The second-order valence-electron chi connectivity index (χ2n) is 4.66. The van der Waals surface area contributed by atoms with E-state index in [-0.39, 0.29) is 29.5 Å². The molecule has 0 aliphatic heterocycles. The molecule has 9 nitrogen and oxygen atoms in total. The average molecular weight is 268 g/mol. The third-order valence-corrected chi connectivity index (χ3v) is 3.33. The third kappa shape index (κ3) is 3.06. The van der Waals surface area contributed by atoms with Crippen LogP contribution in [0.2, 0.25) is 0 Å². The second kappa shape index (κ2) is 5.33. The van der Waals surface area contributed by atoms with Crippen molar-refractivity contribution < 1.29 is 10.0 Å². The van der Waals surface area contributed by atoms with Crippen molar-refractivity contribution in [3.63, 3.8) is 0 Å². The van der Waals surface area contributed by atoms with Gasteiger partial charge in [0.2, 0.25) is 11.8 Å². The SMILES string of the molecule is NNc1ncc([N+](=O)[O-])c(NCC2(CCO)CC2)n1. The molecule has 1 aliphatic rings. The van der Waals surface area contributed by atoms with Gasteiger partial charge in [0.25, 0.3) is 0 Å². The predicted molar refractivity (Wildman–Crippen MR) is 68.4 cm³/mol. The van der Waals surface area contributed by atoms with Gasteiger partial charge in [0.1, 0.15) is 6.20 Å². The standard InChI is InChI=1S/C10H16N6O3/c11-15-9-12-5-7(16(18)19)8(14-9)13-6-10(1-2-10)3-4-17/h5,17H,1-4,6,11H2,(H2,12,13,14,15). The summed E-state index contributed by atoms with van der Waals surface area (Å²) in [6, 6.07) is 0. The van der Waals surface area contributed by atoms with Gasteiger partial charge in [0, 0.05) is 13.2 Å². The zero-order valence-electron chi connectivity index (χ0n) is 10.3. The number of aliphatic hydroxyl groups excluding tert-OH is 1. The normalized spacial score (nSPS) is 15.9. The Morgan fingerprint density at radius 1 is 1.58 bits per heavy atom. The average Bonchev–Trinajstić information content (AvgIpc) is 3.16. The lowest BCUT2D eigenvalue weighted by Crippen LogP contribution is -2.19. The number of aliphatic hydroxyl groups is 1. The molecule has 0 spiro atoms. The number of nitrogens with zero attached hydrogens (tertiary/aromatic N) is 3. The van der Waals surface area contributed by atoms with Gasteiger partial charge in [0.15, 0.2) is 0 Å². The molecule has 1 aromatic heterocycles. The second-order valence-corrected chi connectivity index (χ2v) is 4.66. The zero-order chi connectivity index (χ0) is 13.9. The molecule has 1 aromatic rings. The monoisotopic (exact) mass is 268 g/mol. The molecule has 0 atom stereocenters. The van der Waals surface area contributed by atoms with Crippen LogP contribution in [-0.2, 0) is 0 Å². The molecule has 0 saturated heterocycles. The maximum atomic E-state index is 10.9. The highest BCUT2D eigenvalue weighted by molar-refractivity contribution is 5.57. The molecule has 0 unspecified atom stereocenters. The summed E-state index contributed by atoms with van der Waals surface area (Å²) in [5.74, 6) is 5.43. The number of nitrogens with one attached hydrogen (secondary N) is 2. The highest BCUT2D eigenvalue weighted by atomic mass is 16.6. The number of hydrogen-bond acceptors (Lipinski definition) is 8. The van der Waals surface area contributed by atoms with Gasteiger partial charge in [-0.05, 0) is 24.7 Å². The first-order chi connectivity index (χ1) is 9.10. The van der Waals surface area contributed by atoms with Crippen molar-refractivity contribution in [2.45, 2.75) is 19.3 Å². The van der Waals surface area contributed by atoms with E-state index in [1.165, 1.54) is 0 Å². The van der Waals surface area contributed by atoms with Crippen LogP contribution < -0.4 is 16.6 Å². The fourth-order valence-corrected chi connectivity index (χ4v) is 1.91. The van der Waals surface area contributed by atoms with E-state index >= 15 is 0 Å². The number of rotatable bonds is 7. The molecule has 0 aromatic carbocycles. The largest absolute Gasteiger partial charge is 0.396 e. The molecule has 104 valence electrons. The van der Waals surface area contributed by atoms with E-state index < -0.39 is 4.92 Å². The van der Waals surface area contributed by atoms with E-state index in [2.05, 4.69) is 20.7 Å². The summed E-state index contributed by atoms with van der Waals surface area (Å²) in [5, 5.41) is 22.8. The van der Waals surface area contributed by atoms with Crippen LogP contribution in [0.1, 0.15) is 19.3 Å². The summed E-state index contributed by atoms with van der Waals surface area (Å²) >= 11 is 0. The minimum Gasteiger partial charge on any atom is -0.396 e. The van der Waals surface area contributed by atoms with Crippen LogP contribution >= 0.6 is 0 Å². The van der Waals surface area contributed by atoms with Crippen LogP contribution in [0, 0.1) is 15.5 Å². The molecule has 0 bridgehead atoms. The van der Waals surface area contributed by atoms with Crippen molar-refractivity contribution in [3.05, 3.63) is 16.3 Å². The highest BCUT2D eigenvalue weighted by Crippen LogP contribution is 2.48. The number of nitrogens with two attached hydrogens (primary N) is 1. The quantitative estimate of drug-likeness (QED) is 0.313. The van der Waals surface area contributed by atoms with Crippen LogP contribution in [-0.4, -0.2) is 33.1 Å². The Bertz CT molecular complexity index is 476. The van der Waals surface area contributed by atoms with Crippen molar-refractivity contribution in [1.29, 1.82) is 0 Å². The van der Waals surface area contributed by atoms with Crippen molar-refractivity contribution in [1.82, 2.24) is 9.97 Å². The third-order valence-electron chi connectivity index (χ3n) is 3.33. The Kier molecular flexibility index (Phi) is 3.76. The Morgan fingerprint density at radius 3 is 2.84 bits per heavy atom. The Morgan fingerprint density at radius 2 is 2.32 bits per heavy atom. The number of nitrogen functional groups attached to an aromatic ring is 1. The lowest BCUT2D eigenvalue weighted by Gasteiger charge is -2.15. The van der Waals surface area contributed by atoms with Gasteiger partial charge in [-0.2, -0.15) is 4.98 Å². The molecule has 0 radical (unpaired) electrons. The van der Waals surface area contributed by atoms with Gasteiger partial charge >= 0.3 is 5.69 Å². The molecule has 1 saturated carbocycles. The molecule has 1 fully saturated rings. The van der Waals surface area contributed by atoms with E-state index in [4.69, 9.17) is 10.9 Å². The molecule has 0 amide bonds. The topological polar surface area (TPSA) is 139 Å². The molecule has 9 heteroatoms. The van der Waals surface area contributed by atoms with E-state index in [1.807, 2.05) is 0 Å². The highest BCUT2D eigenvalue weighted by Gasteiger charge is 2.42. The summed E-state index contributed by atoms with van der Waals surface area (Å²) in [6.45, 7) is 0.651. The molecule has 2 rings (SSSR count). The van der Waals surface area contributed by atoms with E-state index in [0.29, 0.717) is 13.0 Å². The van der Waals surface area contributed by atoms with Crippen LogP contribution in [0.4, 0.5) is 17.5 Å². The fourth-order valence-electron chi connectivity index (χ4n) is 1.91. The Balaban J connectivity index is 2.11. The van der Waals surface area contributed by atoms with Crippen LogP contribution in [0.25, 0.3) is 0 Å². The van der Waals surface area contributed by atoms with E-state index in [0.717, 1.165) is 19.0 Å². The van der Waals surface area contributed by atoms with Gasteiger partial charge in [-0.3, -0.25) is 15.5 Å². The fraction of sp³-hybridized carbons (Fsp3) is 0.600. The van der Waals surface area contributed by atoms with Crippen LogP contribution in [0.15, 0.2) is 6.20 Å². The summed E-state index contributed by atoms with van der Waals surface area (Å²) < 4.78 is 0. The molecule has 1 aliphatic carbocycles. The lowest BCUT2D eigenvalue weighted by atomic mass is 10.0. The summed E-state index contributed by atoms with van der Waals surface area (Å²) in [4.78, 5) is 18.0. The van der Waals surface area contributed by atoms with Crippen molar-refractivity contribution in [2.24, 2.45) is 11.3 Å². The molecular weight excluding hydrogens is 252 g/mol. The Hall–Kier alpha value is -2.00. The first-order valence-corrected chi connectivity index (χ1v) is 5.93. The van der Waals surface area contributed by atoms with Gasteiger partial charge in [-0.25, -0.2) is 10.8 Å². The Labute approximate surface area is 109 Å². The number of aromatic nitrogens is 2. The van der Waals surface area contributed by atoms with Crippen LogP contribution in [0.5, 0.6) is 0 Å². The van der Waals surface area contributed by atoms with Gasteiger partial charge in [0.05, 0.1) is 4.92 Å². The maximum absolute atomic E-state index is 10.9. The minimum atomic E-state index is -0.547. The summed E-state index contributed by atoms with van der Waals surface area (Å²) in [7, 11) is 0. The first-order valence-electron chi connectivity index (χ1n) is 5.93. The van der Waals surface area contributed by atoms with E-state index in [9.17, 15) is 10.1 Å². The van der Waals surface area contributed by atoms with Gasteiger partial charge < -0.3 is 10.4 Å². The zero-order valence-corrected chi connectivity index (χ0v) is 10.3. The smallest absolute Gasteiger partial charge is 0.329 e. The maximum Gasteiger partial charge on any atom is 0.329 e. The minimum absolute atomic E-state index is 0.0316. The number of anilines is 2. The summed E-state index contributed by atoms with van der Waals surface area (Å²) in [5.41, 5.74) is 2.08. The van der Waals surface area contributed by atoms with Gasteiger partial charge in [-0.15, -0.1) is 0 Å². The van der Waals surface area contributed by atoms with Crippen LogP contribution in [0.3, 0.4) is 0 Å². The van der Waals surface area contributed by atoms with Gasteiger partial charge in [-0.1, -0.05) is 0 Å². The molecule has 5 N–H and O–H groups in total.